The minimum absolute atomic E-state index is 0.0489. The molecule has 0 spiro atoms. The zero-order valence-electron chi connectivity index (χ0n) is 18.0. The fraction of sp³-hybridized carbons (Fsp3) is 0.154. The van der Waals surface area contributed by atoms with Gasteiger partial charge in [-0.25, -0.2) is 4.79 Å². The molecule has 0 bridgehead atoms. The average Bonchev–Trinajstić information content (AvgIpc) is 3.11. The summed E-state index contributed by atoms with van der Waals surface area (Å²) in [4.78, 5) is 25.5. The maximum atomic E-state index is 12.8. The van der Waals surface area contributed by atoms with Crippen LogP contribution >= 0.6 is 0 Å². The first-order valence-corrected chi connectivity index (χ1v) is 10.3. The minimum Gasteiger partial charge on any atom is -0.454 e. The van der Waals surface area contributed by atoms with Gasteiger partial charge in [-0.1, -0.05) is 36.4 Å². The van der Waals surface area contributed by atoms with E-state index in [0.717, 1.165) is 16.5 Å². The van der Waals surface area contributed by atoms with E-state index in [1.54, 1.807) is 37.3 Å². The highest BCUT2D eigenvalue weighted by Crippen LogP contribution is 2.24. The number of carbonyl (C=O) groups is 2. The molecule has 168 valence electrons. The second-order valence-electron chi connectivity index (χ2n) is 7.52. The highest BCUT2D eigenvalue weighted by molar-refractivity contribution is 6.06. The van der Waals surface area contributed by atoms with Crippen molar-refractivity contribution >= 4 is 22.5 Å². The third-order valence-corrected chi connectivity index (χ3v) is 5.40. The van der Waals surface area contributed by atoms with Gasteiger partial charge in [-0.15, -0.1) is 0 Å². The van der Waals surface area contributed by atoms with Gasteiger partial charge in [0.05, 0.1) is 5.56 Å². The predicted octanol–water partition coefficient (Wildman–Crippen LogP) is 5.89. The molecule has 0 aliphatic rings. The normalized spacial score (nSPS) is 11.1. The zero-order valence-corrected chi connectivity index (χ0v) is 18.0. The summed E-state index contributed by atoms with van der Waals surface area (Å²) in [5.41, 5.74) is 2.95. The molecule has 0 radical (unpaired) electrons. The number of esters is 1. The number of benzene rings is 3. The van der Waals surface area contributed by atoms with Crippen LogP contribution in [0.5, 0.6) is 5.75 Å². The first kappa shape index (κ1) is 22.2. The number of Topliss-reactive ketones (excluding diaryl/α,β-unsaturated/α-hetero) is 1. The maximum Gasteiger partial charge on any atom is 0.387 e. The summed E-state index contributed by atoms with van der Waals surface area (Å²) in [6, 6.07) is 20.7. The summed E-state index contributed by atoms with van der Waals surface area (Å²) in [6.07, 6.45) is 0. The minimum atomic E-state index is -2.90. The van der Waals surface area contributed by atoms with Crippen molar-refractivity contribution in [3.63, 3.8) is 0 Å². The Morgan fingerprint density at radius 3 is 2.33 bits per heavy atom. The highest BCUT2D eigenvalue weighted by Gasteiger charge is 2.19. The van der Waals surface area contributed by atoms with Crippen molar-refractivity contribution in [2.75, 3.05) is 6.61 Å². The fourth-order valence-corrected chi connectivity index (χ4v) is 3.91. The lowest BCUT2D eigenvalue weighted by atomic mass is 10.0. The number of alkyl halides is 2. The molecule has 4 rings (SSSR count). The van der Waals surface area contributed by atoms with E-state index in [9.17, 15) is 18.4 Å². The van der Waals surface area contributed by atoms with E-state index in [4.69, 9.17) is 4.74 Å². The number of nitrogens with zero attached hydrogens (tertiary/aromatic N) is 1. The molecule has 3 aromatic carbocycles. The van der Waals surface area contributed by atoms with Gasteiger partial charge in [0.1, 0.15) is 5.75 Å². The monoisotopic (exact) mass is 449 g/mol. The molecular weight excluding hydrogens is 428 g/mol. The quantitative estimate of drug-likeness (QED) is 0.261. The molecule has 1 heterocycles. The third kappa shape index (κ3) is 4.62. The van der Waals surface area contributed by atoms with Crippen molar-refractivity contribution in [3.8, 4) is 11.4 Å². The fourth-order valence-electron chi connectivity index (χ4n) is 3.91. The Morgan fingerprint density at radius 2 is 1.61 bits per heavy atom. The van der Waals surface area contributed by atoms with Crippen LogP contribution in [-0.2, 0) is 4.74 Å². The van der Waals surface area contributed by atoms with Gasteiger partial charge < -0.3 is 14.0 Å². The number of halogens is 2. The molecule has 5 nitrogen and oxygen atoms in total. The average molecular weight is 449 g/mol. The van der Waals surface area contributed by atoms with E-state index in [1.165, 1.54) is 12.1 Å². The number of ether oxygens (including phenoxy) is 2. The molecule has 0 aliphatic heterocycles. The van der Waals surface area contributed by atoms with Crippen LogP contribution in [-0.4, -0.2) is 29.5 Å². The molecule has 7 heteroatoms. The molecule has 0 saturated heterocycles. The topological polar surface area (TPSA) is 57.5 Å². The molecule has 0 fully saturated rings. The number of ketones is 1. The van der Waals surface area contributed by atoms with E-state index in [0.29, 0.717) is 22.5 Å². The van der Waals surface area contributed by atoms with Crippen LogP contribution in [0.25, 0.3) is 16.5 Å². The highest BCUT2D eigenvalue weighted by atomic mass is 19.3. The van der Waals surface area contributed by atoms with Gasteiger partial charge in [-0.2, -0.15) is 8.78 Å². The zero-order chi connectivity index (χ0) is 23.5. The summed E-state index contributed by atoms with van der Waals surface area (Å²) in [5.74, 6) is -0.850. The standard InChI is InChI=1S/C26H21F2NO4/c1-16-14-23(17(2)29(16)19-10-12-20(13-11-19)33-26(27)28)24(30)15-32-25(31)22-9-5-7-18-6-3-4-8-21(18)22/h3-14,26H,15H2,1-2H3. The molecule has 1 aromatic heterocycles. The summed E-state index contributed by atoms with van der Waals surface area (Å²) in [6.45, 7) is 0.311. The summed E-state index contributed by atoms with van der Waals surface area (Å²) >= 11 is 0. The number of aryl methyl sites for hydroxylation is 1. The van der Waals surface area contributed by atoms with Crippen LogP contribution in [0.4, 0.5) is 8.78 Å². The van der Waals surface area contributed by atoms with Crippen molar-refractivity contribution in [3.05, 3.63) is 95.3 Å². The van der Waals surface area contributed by atoms with Crippen molar-refractivity contribution in [2.45, 2.75) is 20.5 Å². The largest absolute Gasteiger partial charge is 0.454 e. The Morgan fingerprint density at radius 1 is 0.909 bits per heavy atom. The summed E-state index contributed by atoms with van der Waals surface area (Å²) in [7, 11) is 0. The molecular formula is C26H21F2NO4. The molecule has 4 aromatic rings. The summed E-state index contributed by atoms with van der Waals surface area (Å²) < 4.78 is 36.3. The lowest BCUT2D eigenvalue weighted by molar-refractivity contribution is -0.0498. The van der Waals surface area contributed by atoms with Gasteiger partial charge in [0.25, 0.3) is 0 Å². The van der Waals surface area contributed by atoms with Gasteiger partial charge in [-0.3, -0.25) is 4.79 Å². The van der Waals surface area contributed by atoms with Crippen LogP contribution in [0, 0.1) is 13.8 Å². The van der Waals surface area contributed by atoms with Crippen molar-refractivity contribution < 1.29 is 27.8 Å². The number of rotatable bonds is 7. The molecule has 0 unspecified atom stereocenters. The van der Waals surface area contributed by atoms with E-state index in [2.05, 4.69) is 4.74 Å². The first-order valence-electron chi connectivity index (χ1n) is 10.3. The maximum absolute atomic E-state index is 12.8. The Hall–Kier alpha value is -4.00. The lowest BCUT2D eigenvalue weighted by Gasteiger charge is -2.11. The Bertz CT molecular complexity index is 1320. The second-order valence-corrected chi connectivity index (χ2v) is 7.52. The van der Waals surface area contributed by atoms with Crippen LogP contribution < -0.4 is 4.74 Å². The third-order valence-electron chi connectivity index (χ3n) is 5.40. The smallest absolute Gasteiger partial charge is 0.387 e. The van der Waals surface area contributed by atoms with Crippen LogP contribution in [0.2, 0.25) is 0 Å². The molecule has 0 atom stereocenters. The SMILES string of the molecule is Cc1cc(C(=O)COC(=O)c2cccc3ccccc23)c(C)n1-c1ccc(OC(F)F)cc1. The predicted molar refractivity (Wildman–Crippen MR) is 120 cm³/mol. The van der Waals surface area contributed by atoms with E-state index in [-0.39, 0.29) is 11.5 Å². The molecule has 0 aliphatic carbocycles. The van der Waals surface area contributed by atoms with Crippen LogP contribution in [0.3, 0.4) is 0 Å². The van der Waals surface area contributed by atoms with E-state index < -0.39 is 19.2 Å². The number of aromatic nitrogens is 1. The van der Waals surface area contributed by atoms with Gasteiger partial charge in [-0.05, 0) is 61.0 Å². The Kier molecular flexibility index (Phi) is 6.22. The second kappa shape index (κ2) is 9.24. The summed E-state index contributed by atoms with van der Waals surface area (Å²) in [5, 5.41) is 1.67. The van der Waals surface area contributed by atoms with Gasteiger partial charge in [0.2, 0.25) is 5.78 Å². The van der Waals surface area contributed by atoms with Gasteiger partial charge in [0, 0.05) is 22.6 Å². The molecule has 0 N–H and O–H groups in total. The van der Waals surface area contributed by atoms with Crippen molar-refractivity contribution in [1.29, 1.82) is 0 Å². The van der Waals surface area contributed by atoms with Crippen molar-refractivity contribution in [1.82, 2.24) is 4.57 Å². The van der Waals surface area contributed by atoms with Crippen molar-refractivity contribution in [2.24, 2.45) is 0 Å². The van der Waals surface area contributed by atoms with Gasteiger partial charge >= 0.3 is 12.6 Å². The van der Waals surface area contributed by atoms with E-state index in [1.807, 2.05) is 41.8 Å². The first-order chi connectivity index (χ1) is 15.8. The van der Waals surface area contributed by atoms with Crippen LogP contribution in [0.1, 0.15) is 32.1 Å². The van der Waals surface area contributed by atoms with E-state index >= 15 is 0 Å². The van der Waals surface area contributed by atoms with Gasteiger partial charge in [0.15, 0.2) is 6.61 Å². The molecule has 33 heavy (non-hydrogen) atoms. The number of hydrogen-bond acceptors (Lipinski definition) is 4. The lowest BCUT2D eigenvalue weighted by Crippen LogP contribution is -2.15. The molecule has 0 saturated carbocycles. The Balaban J connectivity index is 1.51. The number of hydrogen-bond donors (Lipinski definition) is 0. The number of fused-ring (bicyclic) bond motifs is 1. The van der Waals surface area contributed by atoms with Crippen LogP contribution in [0.15, 0.2) is 72.8 Å². The Labute approximate surface area is 189 Å². The number of carbonyl (C=O) groups excluding carboxylic acids is 2. The molecule has 0 amide bonds.